The predicted octanol–water partition coefficient (Wildman–Crippen LogP) is -0.361. The van der Waals surface area contributed by atoms with E-state index in [4.69, 9.17) is 4.74 Å². The first-order valence-corrected chi connectivity index (χ1v) is 4.15. The monoisotopic (exact) mass is 195 g/mol. The Labute approximate surface area is 79.2 Å². The van der Waals surface area contributed by atoms with Crippen LogP contribution in [-0.4, -0.2) is 37.4 Å². The van der Waals surface area contributed by atoms with E-state index in [1.165, 1.54) is 15.5 Å². The Kier molecular flexibility index (Phi) is 1.91. The van der Waals surface area contributed by atoms with Crippen molar-refractivity contribution >= 4 is 11.6 Å². The highest BCUT2D eigenvalue weighted by Crippen LogP contribution is 2.08. The summed E-state index contributed by atoms with van der Waals surface area (Å²) in [5.74, 6) is -0.409. The van der Waals surface area contributed by atoms with E-state index < -0.39 is 5.97 Å². The van der Waals surface area contributed by atoms with Crippen molar-refractivity contribution < 1.29 is 9.53 Å². The third-order valence-electron chi connectivity index (χ3n) is 1.79. The number of hydrogen-bond donors (Lipinski definition) is 0. The maximum Gasteiger partial charge on any atom is 0.343 e. The molecule has 2 aromatic heterocycles. The minimum absolute atomic E-state index is 0.335. The molecule has 0 unspecified atom stereocenters. The van der Waals surface area contributed by atoms with E-state index >= 15 is 0 Å². The average Bonchev–Trinajstić information content (AvgIpc) is 2.70. The van der Waals surface area contributed by atoms with Gasteiger partial charge in [-0.3, -0.25) is 0 Å². The van der Waals surface area contributed by atoms with Crippen molar-refractivity contribution in [3.63, 3.8) is 0 Å². The maximum absolute atomic E-state index is 11.4. The number of aromatic nitrogens is 5. The lowest BCUT2D eigenvalue weighted by Crippen LogP contribution is -2.05. The lowest BCUT2D eigenvalue weighted by atomic mass is 10.3. The Balaban J connectivity index is 2.51. The summed E-state index contributed by atoms with van der Waals surface area (Å²) in [6.07, 6.45) is 1.42. The van der Waals surface area contributed by atoms with Gasteiger partial charge in [0, 0.05) is 7.05 Å². The largest absolute Gasteiger partial charge is 0.462 e. The van der Waals surface area contributed by atoms with Gasteiger partial charge in [0.15, 0.2) is 5.65 Å². The highest BCUT2D eigenvalue weighted by atomic mass is 16.5. The van der Waals surface area contributed by atoms with Gasteiger partial charge in [-0.2, -0.15) is 5.10 Å². The molecule has 2 aromatic rings. The Morgan fingerprint density at radius 1 is 1.57 bits per heavy atom. The number of tetrazole rings is 1. The van der Waals surface area contributed by atoms with Gasteiger partial charge in [-0.05, 0) is 17.4 Å². The molecular weight excluding hydrogens is 186 g/mol. The van der Waals surface area contributed by atoms with Crippen molar-refractivity contribution in [2.75, 3.05) is 6.61 Å². The van der Waals surface area contributed by atoms with Crippen LogP contribution in [0.1, 0.15) is 17.3 Å². The first-order valence-electron chi connectivity index (χ1n) is 4.15. The topological polar surface area (TPSA) is 74.3 Å². The van der Waals surface area contributed by atoms with E-state index in [0.717, 1.165) is 0 Å². The summed E-state index contributed by atoms with van der Waals surface area (Å²) in [6.45, 7) is 2.08. The number of aryl methyl sites for hydroxylation is 1. The standard InChI is InChI=1S/C7H9N5O2/c1-3-14-7(13)5-4-8-12-6(5)11(2)9-10-12/h4H,3H2,1-2H3. The zero-order valence-electron chi connectivity index (χ0n) is 7.84. The zero-order chi connectivity index (χ0) is 10.1. The van der Waals surface area contributed by atoms with Crippen LogP contribution in [0, 0.1) is 0 Å². The van der Waals surface area contributed by atoms with Gasteiger partial charge in [0.2, 0.25) is 0 Å². The maximum atomic E-state index is 11.4. The summed E-state index contributed by atoms with van der Waals surface area (Å²) in [5.41, 5.74) is 0.905. The molecule has 0 aliphatic carbocycles. The molecule has 0 saturated carbocycles. The van der Waals surface area contributed by atoms with Crippen molar-refractivity contribution in [1.82, 2.24) is 24.8 Å². The second-order valence-corrected chi connectivity index (χ2v) is 2.69. The molecule has 7 heteroatoms. The average molecular weight is 195 g/mol. The molecule has 0 fully saturated rings. The van der Waals surface area contributed by atoms with Gasteiger partial charge < -0.3 is 4.74 Å². The number of ether oxygens (including phenoxy) is 1. The number of nitrogens with zero attached hydrogens (tertiary/aromatic N) is 5. The van der Waals surface area contributed by atoms with Crippen LogP contribution in [0.25, 0.3) is 5.65 Å². The van der Waals surface area contributed by atoms with Gasteiger partial charge >= 0.3 is 5.97 Å². The minimum atomic E-state index is -0.409. The summed E-state index contributed by atoms with van der Waals surface area (Å²) in [7, 11) is 1.69. The Hall–Kier alpha value is -1.92. The van der Waals surface area contributed by atoms with Crippen LogP contribution in [0.4, 0.5) is 0 Å². The van der Waals surface area contributed by atoms with E-state index in [9.17, 15) is 4.79 Å². The Bertz CT molecular complexity index is 471. The number of esters is 1. The lowest BCUT2D eigenvalue weighted by Gasteiger charge is -1.97. The fourth-order valence-electron chi connectivity index (χ4n) is 1.19. The zero-order valence-corrected chi connectivity index (χ0v) is 7.84. The molecule has 0 saturated heterocycles. The SMILES string of the molecule is CCOC(=O)c1cnn2nnn(C)c12. The van der Waals surface area contributed by atoms with Gasteiger partial charge in [-0.15, -0.1) is 4.63 Å². The van der Waals surface area contributed by atoms with Crippen LogP contribution in [0.5, 0.6) is 0 Å². The van der Waals surface area contributed by atoms with Crippen molar-refractivity contribution in [3.8, 4) is 0 Å². The number of carbonyl (C=O) groups is 1. The molecule has 7 nitrogen and oxygen atoms in total. The third-order valence-corrected chi connectivity index (χ3v) is 1.79. The highest BCUT2D eigenvalue weighted by Gasteiger charge is 2.17. The van der Waals surface area contributed by atoms with Gasteiger partial charge in [0.05, 0.1) is 12.8 Å². The quantitative estimate of drug-likeness (QED) is 0.612. The molecule has 0 aliphatic heterocycles. The van der Waals surface area contributed by atoms with E-state index in [1.54, 1.807) is 14.0 Å². The smallest absolute Gasteiger partial charge is 0.343 e. The minimum Gasteiger partial charge on any atom is -0.462 e. The molecule has 2 rings (SSSR count). The molecule has 0 radical (unpaired) electrons. The van der Waals surface area contributed by atoms with Crippen molar-refractivity contribution in [1.29, 1.82) is 0 Å². The summed E-state index contributed by atoms with van der Waals surface area (Å²) < 4.78 is 7.61. The molecule has 74 valence electrons. The summed E-state index contributed by atoms with van der Waals surface area (Å²) in [4.78, 5) is 11.4. The molecule has 0 bridgehead atoms. The van der Waals surface area contributed by atoms with Gasteiger partial charge in [-0.25, -0.2) is 9.48 Å². The molecule has 0 spiro atoms. The Morgan fingerprint density at radius 2 is 2.36 bits per heavy atom. The van der Waals surface area contributed by atoms with Gasteiger partial charge in [0.25, 0.3) is 0 Å². The molecule has 0 atom stereocenters. The number of carbonyl (C=O) groups excluding carboxylic acids is 1. The summed E-state index contributed by atoms with van der Waals surface area (Å²) in [5, 5.41) is 11.3. The second kappa shape index (κ2) is 3.09. The number of rotatable bonds is 2. The first kappa shape index (κ1) is 8.67. The highest BCUT2D eigenvalue weighted by molar-refractivity contribution is 5.95. The van der Waals surface area contributed by atoms with Crippen molar-refractivity contribution in [2.45, 2.75) is 6.92 Å². The fraction of sp³-hybridized carbons (Fsp3) is 0.429. The van der Waals surface area contributed by atoms with Crippen LogP contribution in [0.3, 0.4) is 0 Å². The van der Waals surface area contributed by atoms with E-state index in [1.807, 2.05) is 0 Å². The molecule has 14 heavy (non-hydrogen) atoms. The van der Waals surface area contributed by atoms with Crippen LogP contribution in [-0.2, 0) is 11.8 Å². The lowest BCUT2D eigenvalue weighted by molar-refractivity contribution is 0.0528. The fourth-order valence-corrected chi connectivity index (χ4v) is 1.19. The van der Waals surface area contributed by atoms with E-state index in [2.05, 4.69) is 15.5 Å². The van der Waals surface area contributed by atoms with E-state index in [0.29, 0.717) is 17.8 Å². The number of fused-ring (bicyclic) bond motifs is 1. The third kappa shape index (κ3) is 1.13. The summed E-state index contributed by atoms with van der Waals surface area (Å²) >= 11 is 0. The Morgan fingerprint density at radius 3 is 3.07 bits per heavy atom. The molecule has 2 heterocycles. The van der Waals surface area contributed by atoms with Gasteiger partial charge in [0.1, 0.15) is 5.56 Å². The van der Waals surface area contributed by atoms with E-state index in [-0.39, 0.29) is 0 Å². The van der Waals surface area contributed by atoms with Crippen LogP contribution >= 0.6 is 0 Å². The first-order chi connectivity index (χ1) is 6.74. The second-order valence-electron chi connectivity index (χ2n) is 2.69. The predicted molar refractivity (Wildman–Crippen MR) is 45.7 cm³/mol. The van der Waals surface area contributed by atoms with Crippen LogP contribution in [0.15, 0.2) is 6.20 Å². The van der Waals surface area contributed by atoms with Crippen LogP contribution < -0.4 is 0 Å². The molecular formula is C7H9N5O2. The number of hydrogen-bond acceptors (Lipinski definition) is 5. The molecule has 0 amide bonds. The molecule has 0 aliphatic rings. The molecule has 0 N–H and O–H groups in total. The van der Waals surface area contributed by atoms with Crippen molar-refractivity contribution in [3.05, 3.63) is 11.8 Å². The van der Waals surface area contributed by atoms with Crippen LogP contribution in [0.2, 0.25) is 0 Å². The normalized spacial score (nSPS) is 10.7. The summed E-state index contributed by atoms with van der Waals surface area (Å²) in [6, 6.07) is 0. The van der Waals surface area contributed by atoms with Gasteiger partial charge in [-0.1, -0.05) is 0 Å². The van der Waals surface area contributed by atoms with Crippen molar-refractivity contribution in [2.24, 2.45) is 7.05 Å². The molecule has 0 aromatic carbocycles.